The van der Waals surface area contributed by atoms with Crippen LogP contribution in [0, 0.1) is 5.92 Å². The minimum Gasteiger partial charge on any atom is -0.308 e. The minimum absolute atomic E-state index is 0.554. The SMILES string of the molecule is C[C@H](NCc1n[nH]nc1-c1ccccc1)C1CCCC1. The lowest BCUT2D eigenvalue weighted by molar-refractivity contribution is 0.379. The Bertz CT molecular complexity index is 528. The third-order valence-electron chi connectivity index (χ3n) is 4.37. The van der Waals surface area contributed by atoms with Crippen LogP contribution in [0.15, 0.2) is 30.3 Å². The van der Waals surface area contributed by atoms with Gasteiger partial charge in [0.1, 0.15) is 11.4 Å². The average molecular weight is 270 g/mol. The Labute approximate surface area is 120 Å². The van der Waals surface area contributed by atoms with E-state index in [1.807, 2.05) is 18.2 Å². The summed E-state index contributed by atoms with van der Waals surface area (Å²) in [6.45, 7) is 3.07. The van der Waals surface area contributed by atoms with Crippen molar-refractivity contribution < 1.29 is 0 Å². The van der Waals surface area contributed by atoms with Gasteiger partial charge in [-0.2, -0.15) is 15.4 Å². The van der Waals surface area contributed by atoms with E-state index < -0.39 is 0 Å². The lowest BCUT2D eigenvalue weighted by Crippen LogP contribution is -2.32. The van der Waals surface area contributed by atoms with Crippen molar-refractivity contribution in [2.24, 2.45) is 5.92 Å². The molecule has 0 spiro atoms. The van der Waals surface area contributed by atoms with E-state index in [4.69, 9.17) is 0 Å². The second kappa shape index (κ2) is 6.18. The number of aromatic amines is 1. The summed E-state index contributed by atoms with van der Waals surface area (Å²) >= 11 is 0. The van der Waals surface area contributed by atoms with Gasteiger partial charge in [-0.3, -0.25) is 0 Å². The summed E-state index contributed by atoms with van der Waals surface area (Å²) < 4.78 is 0. The molecule has 1 heterocycles. The summed E-state index contributed by atoms with van der Waals surface area (Å²) in [5, 5.41) is 14.9. The molecule has 4 nitrogen and oxygen atoms in total. The molecule has 1 atom stereocenters. The first kappa shape index (κ1) is 13.3. The van der Waals surface area contributed by atoms with Gasteiger partial charge in [-0.25, -0.2) is 0 Å². The van der Waals surface area contributed by atoms with E-state index in [9.17, 15) is 0 Å². The molecule has 1 aliphatic carbocycles. The van der Waals surface area contributed by atoms with E-state index in [1.54, 1.807) is 0 Å². The second-order valence-corrected chi connectivity index (χ2v) is 5.70. The number of aromatic nitrogens is 3. The van der Waals surface area contributed by atoms with Gasteiger partial charge in [0.15, 0.2) is 0 Å². The molecule has 0 bridgehead atoms. The molecule has 106 valence electrons. The molecule has 1 aromatic carbocycles. The van der Waals surface area contributed by atoms with E-state index in [0.717, 1.165) is 29.4 Å². The molecule has 1 aromatic heterocycles. The largest absolute Gasteiger partial charge is 0.308 e. The maximum absolute atomic E-state index is 4.29. The van der Waals surface area contributed by atoms with Crippen molar-refractivity contribution >= 4 is 0 Å². The molecule has 0 unspecified atom stereocenters. The molecular formula is C16H22N4. The fraction of sp³-hybridized carbons (Fsp3) is 0.500. The first-order chi connectivity index (χ1) is 9.84. The topological polar surface area (TPSA) is 53.6 Å². The second-order valence-electron chi connectivity index (χ2n) is 5.70. The number of hydrogen-bond acceptors (Lipinski definition) is 3. The number of rotatable bonds is 5. The molecule has 3 rings (SSSR count). The summed E-state index contributed by atoms with van der Waals surface area (Å²) in [7, 11) is 0. The predicted molar refractivity (Wildman–Crippen MR) is 80.1 cm³/mol. The van der Waals surface area contributed by atoms with Crippen LogP contribution < -0.4 is 5.32 Å². The Morgan fingerprint density at radius 3 is 2.70 bits per heavy atom. The monoisotopic (exact) mass is 270 g/mol. The third kappa shape index (κ3) is 2.90. The average Bonchev–Trinajstić information content (AvgIpc) is 3.17. The van der Waals surface area contributed by atoms with Crippen molar-refractivity contribution in [3.8, 4) is 11.3 Å². The zero-order valence-corrected chi connectivity index (χ0v) is 12.0. The summed E-state index contributed by atoms with van der Waals surface area (Å²) in [6, 6.07) is 10.8. The smallest absolute Gasteiger partial charge is 0.117 e. The molecule has 0 amide bonds. The molecule has 1 fully saturated rings. The van der Waals surface area contributed by atoms with E-state index in [-0.39, 0.29) is 0 Å². The van der Waals surface area contributed by atoms with Crippen LogP contribution in [0.4, 0.5) is 0 Å². The quantitative estimate of drug-likeness (QED) is 0.877. The fourth-order valence-electron chi connectivity index (χ4n) is 3.08. The molecule has 1 aliphatic rings. The van der Waals surface area contributed by atoms with Gasteiger partial charge in [-0.1, -0.05) is 43.2 Å². The number of benzene rings is 1. The Balaban J connectivity index is 1.65. The van der Waals surface area contributed by atoms with Gasteiger partial charge in [-0.05, 0) is 25.7 Å². The Hall–Kier alpha value is -1.68. The highest BCUT2D eigenvalue weighted by atomic mass is 15.3. The highest BCUT2D eigenvalue weighted by Crippen LogP contribution is 2.28. The van der Waals surface area contributed by atoms with Crippen LogP contribution in [0.2, 0.25) is 0 Å². The lowest BCUT2D eigenvalue weighted by Gasteiger charge is -2.19. The molecule has 4 heteroatoms. The molecule has 1 saturated carbocycles. The van der Waals surface area contributed by atoms with E-state index in [0.29, 0.717) is 6.04 Å². The van der Waals surface area contributed by atoms with Crippen molar-refractivity contribution in [2.75, 3.05) is 0 Å². The maximum atomic E-state index is 4.29. The first-order valence-corrected chi connectivity index (χ1v) is 7.53. The number of nitrogens with zero attached hydrogens (tertiary/aromatic N) is 2. The van der Waals surface area contributed by atoms with Gasteiger partial charge in [-0.15, -0.1) is 0 Å². The fourth-order valence-corrected chi connectivity index (χ4v) is 3.08. The summed E-state index contributed by atoms with van der Waals surface area (Å²) in [5.41, 5.74) is 3.07. The van der Waals surface area contributed by atoms with Gasteiger partial charge in [0.05, 0.1) is 0 Å². The van der Waals surface area contributed by atoms with E-state index >= 15 is 0 Å². The van der Waals surface area contributed by atoms with Gasteiger partial charge in [0, 0.05) is 18.2 Å². The highest BCUT2D eigenvalue weighted by molar-refractivity contribution is 5.60. The summed E-state index contributed by atoms with van der Waals surface area (Å²) in [4.78, 5) is 0. The molecule has 0 saturated heterocycles. The van der Waals surface area contributed by atoms with Crippen LogP contribution in [0.5, 0.6) is 0 Å². The van der Waals surface area contributed by atoms with Crippen molar-refractivity contribution in [1.82, 2.24) is 20.7 Å². The zero-order chi connectivity index (χ0) is 13.8. The molecule has 0 radical (unpaired) electrons. The molecule has 20 heavy (non-hydrogen) atoms. The van der Waals surface area contributed by atoms with Crippen LogP contribution in [-0.2, 0) is 6.54 Å². The normalized spacial score (nSPS) is 17.4. The van der Waals surface area contributed by atoms with Gasteiger partial charge < -0.3 is 5.32 Å². The summed E-state index contributed by atoms with van der Waals surface area (Å²) in [6.07, 6.45) is 5.49. The Morgan fingerprint density at radius 1 is 1.20 bits per heavy atom. The summed E-state index contributed by atoms with van der Waals surface area (Å²) in [5.74, 6) is 0.821. The van der Waals surface area contributed by atoms with Crippen molar-refractivity contribution in [3.05, 3.63) is 36.0 Å². The third-order valence-corrected chi connectivity index (χ3v) is 4.37. The maximum Gasteiger partial charge on any atom is 0.117 e. The Morgan fingerprint density at radius 2 is 1.95 bits per heavy atom. The molecular weight excluding hydrogens is 248 g/mol. The van der Waals surface area contributed by atoms with E-state index in [2.05, 4.69) is 39.8 Å². The van der Waals surface area contributed by atoms with Gasteiger partial charge in [0.2, 0.25) is 0 Å². The van der Waals surface area contributed by atoms with Crippen LogP contribution in [0.3, 0.4) is 0 Å². The first-order valence-electron chi connectivity index (χ1n) is 7.53. The van der Waals surface area contributed by atoms with Crippen molar-refractivity contribution in [3.63, 3.8) is 0 Å². The standard InChI is InChI=1S/C16H22N4/c1-12(13-7-5-6-8-13)17-11-15-16(19-20-18-15)14-9-3-2-4-10-14/h2-4,9-10,12-13,17H,5-8,11H2,1H3,(H,18,19,20)/t12-/m0/s1. The van der Waals surface area contributed by atoms with Crippen LogP contribution in [0.25, 0.3) is 11.3 Å². The Kier molecular flexibility index (Phi) is 4.11. The predicted octanol–water partition coefficient (Wildman–Crippen LogP) is 3.14. The van der Waals surface area contributed by atoms with Crippen LogP contribution >= 0.6 is 0 Å². The van der Waals surface area contributed by atoms with Gasteiger partial charge in [0.25, 0.3) is 0 Å². The van der Waals surface area contributed by atoms with Crippen molar-refractivity contribution in [2.45, 2.75) is 45.2 Å². The molecule has 2 N–H and O–H groups in total. The minimum atomic E-state index is 0.554. The lowest BCUT2D eigenvalue weighted by atomic mass is 10.00. The van der Waals surface area contributed by atoms with Gasteiger partial charge >= 0.3 is 0 Å². The number of H-pyrrole nitrogens is 1. The van der Waals surface area contributed by atoms with Crippen molar-refractivity contribution in [1.29, 1.82) is 0 Å². The number of hydrogen-bond donors (Lipinski definition) is 2. The van der Waals surface area contributed by atoms with Crippen LogP contribution in [0.1, 0.15) is 38.3 Å². The molecule has 0 aliphatic heterocycles. The zero-order valence-electron chi connectivity index (χ0n) is 12.0. The highest BCUT2D eigenvalue weighted by Gasteiger charge is 2.21. The van der Waals surface area contributed by atoms with E-state index in [1.165, 1.54) is 25.7 Å². The molecule has 2 aromatic rings. The number of nitrogens with one attached hydrogen (secondary N) is 2. The van der Waals surface area contributed by atoms with Crippen LogP contribution in [-0.4, -0.2) is 21.5 Å².